The summed E-state index contributed by atoms with van der Waals surface area (Å²) in [6.07, 6.45) is 5.68. The molecule has 1 N–H and O–H groups in total. The average Bonchev–Trinajstić information content (AvgIpc) is 2.97. The number of anilines is 1. The zero-order valence-corrected chi connectivity index (χ0v) is 25.2. The number of amides is 2. The molecular formula is C32H38ClN3O4S. The van der Waals surface area contributed by atoms with Crippen LogP contribution in [-0.4, -0.2) is 50.3 Å². The topological polar surface area (TPSA) is 86.8 Å². The Balaban J connectivity index is 1.63. The van der Waals surface area contributed by atoms with Crippen LogP contribution in [0.1, 0.15) is 50.2 Å². The molecule has 0 radical (unpaired) electrons. The van der Waals surface area contributed by atoms with Gasteiger partial charge in [0.1, 0.15) is 12.6 Å². The molecule has 2 amide bonds. The SMILES string of the molecule is Cc1ccc(S(=O)(=O)N(CC(=O)N(CCc2ccccc2)C(C)C(=O)NC2CCCCC2)c2cccc(Cl)c2)cc1. The molecule has 4 rings (SSSR count). The second kappa shape index (κ2) is 14.0. The first-order valence-electron chi connectivity index (χ1n) is 14.1. The maximum Gasteiger partial charge on any atom is 0.264 e. The van der Waals surface area contributed by atoms with E-state index in [1.54, 1.807) is 37.3 Å². The summed E-state index contributed by atoms with van der Waals surface area (Å²) in [5.74, 6) is -0.697. The second-order valence-electron chi connectivity index (χ2n) is 10.6. The zero-order valence-electron chi connectivity index (χ0n) is 23.6. The van der Waals surface area contributed by atoms with Crippen LogP contribution in [0.5, 0.6) is 0 Å². The second-order valence-corrected chi connectivity index (χ2v) is 12.9. The van der Waals surface area contributed by atoms with Crippen LogP contribution in [0.25, 0.3) is 0 Å². The molecule has 3 aromatic rings. The summed E-state index contributed by atoms with van der Waals surface area (Å²) in [4.78, 5) is 28.9. The highest BCUT2D eigenvalue weighted by molar-refractivity contribution is 7.92. The largest absolute Gasteiger partial charge is 0.352 e. The molecule has 3 aromatic carbocycles. The van der Waals surface area contributed by atoms with Crippen molar-refractivity contribution in [3.63, 3.8) is 0 Å². The van der Waals surface area contributed by atoms with Crippen LogP contribution >= 0.6 is 11.6 Å². The third kappa shape index (κ3) is 8.11. The van der Waals surface area contributed by atoms with Crippen molar-refractivity contribution in [1.82, 2.24) is 10.2 Å². The highest BCUT2D eigenvalue weighted by atomic mass is 35.5. The Kier molecular flexibility index (Phi) is 10.5. The van der Waals surface area contributed by atoms with E-state index in [4.69, 9.17) is 11.6 Å². The van der Waals surface area contributed by atoms with E-state index < -0.39 is 28.5 Å². The van der Waals surface area contributed by atoms with Gasteiger partial charge in [-0.15, -0.1) is 0 Å². The molecule has 7 nitrogen and oxygen atoms in total. The van der Waals surface area contributed by atoms with E-state index in [-0.39, 0.29) is 29.1 Å². The Morgan fingerprint density at radius 1 is 0.951 bits per heavy atom. The van der Waals surface area contributed by atoms with Crippen LogP contribution in [0, 0.1) is 6.92 Å². The first-order chi connectivity index (χ1) is 19.6. The van der Waals surface area contributed by atoms with Crippen LogP contribution in [0.3, 0.4) is 0 Å². The minimum Gasteiger partial charge on any atom is -0.352 e. The molecule has 1 aliphatic carbocycles. The van der Waals surface area contributed by atoms with Crippen molar-refractivity contribution in [2.24, 2.45) is 0 Å². The highest BCUT2D eigenvalue weighted by Gasteiger charge is 2.33. The van der Waals surface area contributed by atoms with Gasteiger partial charge in [0, 0.05) is 17.6 Å². The van der Waals surface area contributed by atoms with Gasteiger partial charge in [0.25, 0.3) is 10.0 Å². The molecule has 0 bridgehead atoms. The van der Waals surface area contributed by atoms with Gasteiger partial charge in [-0.1, -0.05) is 85.0 Å². The number of hydrogen-bond donors (Lipinski definition) is 1. The Labute approximate surface area is 248 Å². The number of sulfonamides is 1. The Morgan fingerprint density at radius 2 is 1.63 bits per heavy atom. The summed E-state index contributed by atoms with van der Waals surface area (Å²) >= 11 is 6.24. The molecular weight excluding hydrogens is 558 g/mol. The summed E-state index contributed by atoms with van der Waals surface area (Å²) in [6, 6.07) is 21.9. The van der Waals surface area contributed by atoms with Crippen molar-refractivity contribution in [3.8, 4) is 0 Å². The number of aryl methyl sites for hydroxylation is 1. The van der Waals surface area contributed by atoms with Crippen LogP contribution in [-0.2, 0) is 26.0 Å². The summed E-state index contributed by atoms with van der Waals surface area (Å²) in [7, 11) is -4.13. The molecule has 1 unspecified atom stereocenters. The zero-order chi connectivity index (χ0) is 29.4. The molecule has 0 heterocycles. The van der Waals surface area contributed by atoms with Crippen molar-refractivity contribution in [2.75, 3.05) is 17.4 Å². The van der Waals surface area contributed by atoms with E-state index >= 15 is 0 Å². The molecule has 0 spiro atoms. The van der Waals surface area contributed by atoms with Crippen molar-refractivity contribution in [3.05, 3.63) is 95.0 Å². The number of carbonyl (C=O) groups excluding carboxylic acids is 2. The normalized spacial score (nSPS) is 14.7. The number of nitrogens with one attached hydrogen (secondary N) is 1. The van der Waals surface area contributed by atoms with E-state index in [1.807, 2.05) is 37.3 Å². The van der Waals surface area contributed by atoms with Gasteiger partial charge in [-0.2, -0.15) is 0 Å². The van der Waals surface area contributed by atoms with Crippen LogP contribution in [0.2, 0.25) is 5.02 Å². The Morgan fingerprint density at radius 3 is 2.29 bits per heavy atom. The van der Waals surface area contributed by atoms with Crippen molar-refractivity contribution >= 4 is 39.1 Å². The van der Waals surface area contributed by atoms with Crippen molar-refractivity contribution in [2.45, 2.75) is 69.4 Å². The number of hydrogen-bond acceptors (Lipinski definition) is 4. The van der Waals surface area contributed by atoms with Crippen LogP contribution < -0.4 is 9.62 Å². The van der Waals surface area contributed by atoms with Crippen LogP contribution in [0.4, 0.5) is 5.69 Å². The predicted molar refractivity (Wildman–Crippen MR) is 163 cm³/mol. The lowest BCUT2D eigenvalue weighted by atomic mass is 9.95. The van der Waals surface area contributed by atoms with Gasteiger partial charge in [0.2, 0.25) is 11.8 Å². The van der Waals surface area contributed by atoms with Gasteiger partial charge in [-0.05, 0) is 69.0 Å². The summed E-state index contributed by atoms with van der Waals surface area (Å²) in [6.45, 7) is 3.36. The molecule has 41 heavy (non-hydrogen) atoms. The fourth-order valence-electron chi connectivity index (χ4n) is 5.14. The number of nitrogens with zero attached hydrogens (tertiary/aromatic N) is 2. The molecule has 0 saturated heterocycles. The van der Waals surface area contributed by atoms with Crippen molar-refractivity contribution in [1.29, 1.82) is 0 Å². The fourth-order valence-corrected chi connectivity index (χ4v) is 6.73. The lowest BCUT2D eigenvalue weighted by molar-refractivity contribution is -0.139. The number of carbonyl (C=O) groups is 2. The standard InChI is InChI=1S/C32H38ClN3O4S/c1-24-16-18-30(19-17-24)41(39,40)36(29-15-9-12-27(33)22-29)23-31(37)35(21-20-26-10-5-3-6-11-26)25(2)32(38)34-28-13-7-4-8-14-28/h3,5-6,9-12,15-19,22,25,28H,4,7-8,13-14,20-21,23H2,1-2H3,(H,34,38). The number of rotatable bonds is 11. The predicted octanol–water partition coefficient (Wildman–Crippen LogP) is 5.75. The average molecular weight is 596 g/mol. The minimum atomic E-state index is -4.13. The van der Waals surface area contributed by atoms with Gasteiger partial charge < -0.3 is 10.2 Å². The molecule has 0 aliphatic heterocycles. The lowest BCUT2D eigenvalue weighted by Gasteiger charge is -2.33. The third-order valence-corrected chi connectivity index (χ3v) is 9.61. The molecule has 1 fully saturated rings. The number of halogens is 1. The van der Waals surface area contributed by atoms with E-state index in [0.29, 0.717) is 11.4 Å². The summed E-state index contributed by atoms with van der Waals surface area (Å²) in [5, 5.41) is 3.47. The van der Waals surface area contributed by atoms with Gasteiger partial charge in [0.15, 0.2) is 0 Å². The minimum absolute atomic E-state index is 0.0646. The van der Waals surface area contributed by atoms with E-state index in [1.165, 1.54) is 29.5 Å². The Bertz CT molecular complexity index is 1420. The fraction of sp³-hybridized carbons (Fsp3) is 0.375. The molecule has 0 aromatic heterocycles. The highest BCUT2D eigenvalue weighted by Crippen LogP contribution is 2.27. The lowest BCUT2D eigenvalue weighted by Crippen LogP contribution is -2.53. The molecule has 9 heteroatoms. The van der Waals surface area contributed by atoms with Gasteiger partial charge in [-0.3, -0.25) is 13.9 Å². The molecule has 1 atom stereocenters. The van der Waals surface area contributed by atoms with E-state index in [2.05, 4.69) is 5.32 Å². The number of benzene rings is 3. The van der Waals surface area contributed by atoms with Crippen LogP contribution in [0.15, 0.2) is 83.8 Å². The quantitative estimate of drug-likeness (QED) is 0.306. The van der Waals surface area contributed by atoms with E-state index in [0.717, 1.165) is 41.1 Å². The monoisotopic (exact) mass is 595 g/mol. The summed E-state index contributed by atoms with van der Waals surface area (Å²) in [5.41, 5.74) is 2.21. The van der Waals surface area contributed by atoms with Crippen molar-refractivity contribution < 1.29 is 18.0 Å². The molecule has 218 valence electrons. The first kappa shape index (κ1) is 30.6. The van der Waals surface area contributed by atoms with E-state index in [9.17, 15) is 18.0 Å². The van der Waals surface area contributed by atoms with Gasteiger partial charge >= 0.3 is 0 Å². The molecule has 1 saturated carbocycles. The third-order valence-electron chi connectivity index (χ3n) is 7.59. The smallest absolute Gasteiger partial charge is 0.264 e. The van der Waals surface area contributed by atoms with Gasteiger partial charge in [-0.25, -0.2) is 8.42 Å². The molecule has 1 aliphatic rings. The Hall–Kier alpha value is -3.36. The summed E-state index contributed by atoms with van der Waals surface area (Å²) < 4.78 is 28.9. The maximum atomic E-state index is 14.0. The first-order valence-corrected chi connectivity index (χ1v) is 16.0. The van der Waals surface area contributed by atoms with Gasteiger partial charge in [0.05, 0.1) is 10.6 Å². The maximum absolute atomic E-state index is 14.0.